The van der Waals surface area contributed by atoms with Gasteiger partial charge in [0.25, 0.3) is 0 Å². The van der Waals surface area contributed by atoms with Gasteiger partial charge in [-0.25, -0.2) is 9.97 Å². The molecule has 0 radical (unpaired) electrons. The molecule has 2 heterocycles. The maximum atomic E-state index is 4.27. The summed E-state index contributed by atoms with van der Waals surface area (Å²) < 4.78 is 0. The topological polar surface area (TPSA) is 56.3 Å². The van der Waals surface area contributed by atoms with Crippen molar-refractivity contribution in [3.8, 4) is 0 Å². The van der Waals surface area contributed by atoms with Crippen LogP contribution in [0.3, 0.4) is 0 Å². The summed E-state index contributed by atoms with van der Waals surface area (Å²) in [6.45, 7) is 10.7. The van der Waals surface area contributed by atoms with Crippen molar-refractivity contribution in [3.63, 3.8) is 0 Å². The van der Waals surface area contributed by atoms with Gasteiger partial charge in [-0.2, -0.15) is 0 Å². The molecule has 0 aliphatic carbocycles. The van der Waals surface area contributed by atoms with E-state index >= 15 is 0 Å². The summed E-state index contributed by atoms with van der Waals surface area (Å²) in [5.41, 5.74) is 2.32. The van der Waals surface area contributed by atoms with Crippen molar-refractivity contribution in [1.82, 2.24) is 14.9 Å². The highest BCUT2D eigenvalue weighted by atomic mass is 15.3. The van der Waals surface area contributed by atoms with Crippen LogP contribution in [0.4, 0.5) is 23.0 Å². The van der Waals surface area contributed by atoms with Crippen molar-refractivity contribution in [2.45, 2.75) is 13.8 Å². The van der Waals surface area contributed by atoms with Crippen molar-refractivity contribution in [1.29, 1.82) is 0 Å². The van der Waals surface area contributed by atoms with Crippen LogP contribution in [-0.2, 0) is 0 Å². The lowest BCUT2D eigenvalue weighted by Gasteiger charge is -2.35. The van der Waals surface area contributed by atoms with Crippen LogP contribution in [0.15, 0.2) is 36.7 Å². The molecule has 2 aromatic rings. The minimum Gasteiger partial charge on any atom is -0.370 e. The first-order valence-electron chi connectivity index (χ1n) is 8.68. The lowest BCUT2D eigenvalue weighted by atomic mass is 10.2. The number of anilines is 4. The molecule has 1 saturated heterocycles. The Hall–Kier alpha value is -2.34. The number of hydrogen-bond acceptors (Lipinski definition) is 6. The molecule has 1 aliphatic heterocycles. The molecule has 0 unspecified atom stereocenters. The Morgan fingerprint density at radius 1 is 0.958 bits per heavy atom. The summed E-state index contributed by atoms with van der Waals surface area (Å²) in [4.78, 5) is 13.4. The normalized spacial score (nSPS) is 15.3. The van der Waals surface area contributed by atoms with Crippen LogP contribution in [0.25, 0.3) is 0 Å². The largest absolute Gasteiger partial charge is 0.370 e. The molecule has 0 atom stereocenters. The predicted molar refractivity (Wildman–Crippen MR) is 100 cm³/mol. The van der Waals surface area contributed by atoms with Gasteiger partial charge >= 0.3 is 0 Å². The number of piperazine rings is 1. The van der Waals surface area contributed by atoms with Gasteiger partial charge in [0.15, 0.2) is 0 Å². The number of rotatable bonds is 6. The predicted octanol–water partition coefficient (Wildman–Crippen LogP) is 2.79. The molecular formula is C18H26N6. The van der Waals surface area contributed by atoms with Gasteiger partial charge in [-0.1, -0.05) is 6.92 Å². The number of likely N-dealkylation sites (N-methyl/N-ethyl adjacent to an activating group) is 1. The Morgan fingerprint density at radius 2 is 1.67 bits per heavy atom. The number of hydrogen-bond donors (Lipinski definition) is 2. The minimum atomic E-state index is 0.797. The fourth-order valence-electron chi connectivity index (χ4n) is 2.93. The summed E-state index contributed by atoms with van der Waals surface area (Å²) in [6, 6.07) is 10.5. The van der Waals surface area contributed by atoms with E-state index in [0.717, 1.165) is 56.6 Å². The molecule has 3 rings (SSSR count). The van der Waals surface area contributed by atoms with E-state index in [4.69, 9.17) is 0 Å². The smallest absolute Gasteiger partial charge is 0.135 e. The summed E-state index contributed by atoms with van der Waals surface area (Å²) >= 11 is 0. The quantitative estimate of drug-likeness (QED) is 0.851. The first-order valence-corrected chi connectivity index (χ1v) is 8.68. The van der Waals surface area contributed by atoms with Crippen LogP contribution in [0.5, 0.6) is 0 Å². The zero-order valence-corrected chi connectivity index (χ0v) is 14.5. The second-order valence-electron chi connectivity index (χ2n) is 5.91. The summed E-state index contributed by atoms with van der Waals surface area (Å²) in [5.74, 6) is 1.63. The highest BCUT2D eigenvalue weighted by molar-refractivity contribution is 5.62. The maximum absolute atomic E-state index is 4.27. The molecule has 1 fully saturated rings. The molecule has 6 heteroatoms. The van der Waals surface area contributed by atoms with Crippen LogP contribution in [0.2, 0.25) is 0 Å². The molecule has 0 amide bonds. The number of aromatic nitrogens is 2. The van der Waals surface area contributed by atoms with Crippen molar-refractivity contribution >= 4 is 23.0 Å². The summed E-state index contributed by atoms with van der Waals surface area (Å²) in [7, 11) is 0. The summed E-state index contributed by atoms with van der Waals surface area (Å²) in [6.07, 6.45) is 1.57. The van der Waals surface area contributed by atoms with Gasteiger partial charge in [0.1, 0.15) is 18.0 Å². The molecule has 1 aromatic carbocycles. The molecule has 1 aromatic heterocycles. The minimum absolute atomic E-state index is 0.797. The molecule has 6 nitrogen and oxygen atoms in total. The van der Waals surface area contributed by atoms with Crippen molar-refractivity contribution in [2.24, 2.45) is 0 Å². The number of benzene rings is 1. The van der Waals surface area contributed by atoms with Crippen molar-refractivity contribution in [3.05, 3.63) is 36.7 Å². The van der Waals surface area contributed by atoms with E-state index < -0.39 is 0 Å². The molecule has 0 spiro atoms. The van der Waals surface area contributed by atoms with Crippen LogP contribution in [0, 0.1) is 0 Å². The zero-order valence-electron chi connectivity index (χ0n) is 14.5. The fraction of sp³-hybridized carbons (Fsp3) is 0.444. The SMILES string of the molecule is CCNc1cc(Nc2ccc(N3CCN(CC)CC3)cc2)ncn1. The van der Waals surface area contributed by atoms with Gasteiger partial charge in [0.05, 0.1) is 0 Å². The standard InChI is InChI=1S/C18H26N6/c1-3-19-17-13-18(21-14-20-17)22-15-5-7-16(8-6-15)24-11-9-23(4-2)10-12-24/h5-8,13-14H,3-4,9-12H2,1-2H3,(H2,19,20,21,22). The zero-order chi connectivity index (χ0) is 16.8. The van der Waals surface area contributed by atoms with Crippen LogP contribution in [0.1, 0.15) is 13.8 Å². The molecule has 0 saturated carbocycles. The Bertz CT molecular complexity index is 634. The van der Waals surface area contributed by atoms with Gasteiger partial charge in [-0.05, 0) is 37.7 Å². The van der Waals surface area contributed by atoms with Crippen molar-refractivity contribution in [2.75, 3.05) is 54.8 Å². The summed E-state index contributed by atoms with van der Waals surface area (Å²) in [5, 5.41) is 6.52. The highest BCUT2D eigenvalue weighted by Crippen LogP contribution is 2.22. The number of nitrogens with one attached hydrogen (secondary N) is 2. The molecule has 2 N–H and O–H groups in total. The van der Waals surface area contributed by atoms with Crippen LogP contribution >= 0.6 is 0 Å². The van der Waals surface area contributed by atoms with Gasteiger partial charge < -0.3 is 20.4 Å². The Morgan fingerprint density at radius 3 is 2.33 bits per heavy atom. The Balaban J connectivity index is 1.61. The van der Waals surface area contributed by atoms with E-state index in [1.165, 1.54) is 5.69 Å². The first kappa shape index (κ1) is 16.5. The van der Waals surface area contributed by atoms with Gasteiger partial charge in [0, 0.05) is 50.2 Å². The average Bonchev–Trinajstić information content (AvgIpc) is 2.63. The molecular weight excluding hydrogens is 300 g/mol. The van der Waals surface area contributed by atoms with Gasteiger partial charge in [0.2, 0.25) is 0 Å². The first-order chi connectivity index (χ1) is 11.8. The van der Waals surface area contributed by atoms with Gasteiger partial charge in [-0.3, -0.25) is 0 Å². The Labute approximate surface area is 143 Å². The molecule has 24 heavy (non-hydrogen) atoms. The fourth-order valence-corrected chi connectivity index (χ4v) is 2.93. The third-order valence-electron chi connectivity index (χ3n) is 4.35. The third-order valence-corrected chi connectivity index (χ3v) is 4.35. The van der Waals surface area contributed by atoms with E-state index in [1.54, 1.807) is 6.33 Å². The van der Waals surface area contributed by atoms with E-state index in [0.29, 0.717) is 0 Å². The van der Waals surface area contributed by atoms with E-state index in [9.17, 15) is 0 Å². The van der Waals surface area contributed by atoms with E-state index in [1.807, 2.05) is 13.0 Å². The third kappa shape index (κ3) is 4.14. The monoisotopic (exact) mass is 326 g/mol. The number of nitrogens with zero attached hydrogens (tertiary/aromatic N) is 4. The average molecular weight is 326 g/mol. The van der Waals surface area contributed by atoms with Crippen LogP contribution in [-0.4, -0.2) is 54.1 Å². The second-order valence-corrected chi connectivity index (χ2v) is 5.91. The van der Waals surface area contributed by atoms with Crippen LogP contribution < -0.4 is 15.5 Å². The second kappa shape index (κ2) is 7.97. The maximum Gasteiger partial charge on any atom is 0.135 e. The molecule has 0 bridgehead atoms. The Kier molecular flexibility index (Phi) is 5.48. The van der Waals surface area contributed by atoms with E-state index in [-0.39, 0.29) is 0 Å². The van der Waals surface area contributed by atoms with Gasteiger partial charge in [-0.15, -0.1) is 0 Å². The highest BCUT2D eigenvalue weighted by Gasteiger charge is 2.15. The lowest BCUT2D eigenvalue weighted by molar-refractivity contribution is 0.271. The molecule has 1 aliphatic rings. The lowest BCUT2D eigenvalue weighted by Crippen LogP contribution is -2.46. The molecule has 128 valence electrons. The van der Waals surface area contributed by atoms with Crippen molar-refractivity contribution < 1.29 is 0 Å². The van der Waals surface area contributed by atoms with E-state index in [2.05, 4.69) is 61.6 Å².